The van der Waals surface area contributed by atoms with E-state index >= 15 is 0 Å². The lowest BCUT2D eigenvalue weighted by molar-refractivity contribution is -0.116. The van der Waals surface area contributed by atoms with Crippen molar-refractivity contribution in [3.05, 3.63) is 54.2 Å². The highest BCUT2D eigenvalue weighted by Crippen LogP contribution is 2.33. The molecule has 0 aliphatic carbocycles. The summed E-state index contributed by atoms with van der Waals surface area (Å²) in [5.41, 5.74) is 3.68. The Bertz CT molecular complexity index is 964. The molecule has 0 saturated heterocycles. The van der Waals surface area contributed by atoms with Gasteiger partial charge in [0.25, 0.3) is 0 Å². The van der Waals surface area contributed by atoms with E-state index in [9.17, 15) is 9.59 Å². The first kappa shape index (κ1) is 15.8. The third-order valence-electron chi connectivity index (χ3n) is 4.19. The summed E-state index contributed by atoms with van der Waals surface area (Å²) < 4.78 is 0. The number of nitrogens with one attached hydrogen (secondary N) is 3. The lowest BCUT2D eigenvalue weighted by Gasteiger charge is -2.17. The van der Waals surface area contributed by atoms with Crippen LogP contribution < -0.4 is 10.6 Å². The number of aromatic nitrogens is 1. The second kappa shape index (κ2) is 6.64. The van der Waals surface area contributed by atoms with E-state index in [2.05, 4.69) is 21.7 Å². The molecule has 1 aromatic heterocycles. The van der Waals surface area contributed by atoms with E-state index in [1.807, 2.05) is 42.6 Å². The number of fused-ring (bicyclic) bond motifs is 2. The van der Waals surface area contributed by atoms with Gasteiger partial charge in [-0.3, -0.25) is 9.59 Å². The largest absolute Gasteiger partial charge is 0.361 e. The molecule has 4 rings (SSSR count). The van der Waals surface area contributed by atoms with E-state index in [4.69, 9.17) is 0 Å². The molecule has 2 aromatic carbocycles. The van der Waals surface area contributed by atoms with Gasteiger partial charge in [0.05, 0.1) is 11.4 Å². The molecule has 0 atom stereocenters. The average molecular weight is 351 g/mol. The number of carbonyl (C=O) groups excluding carboxylic acids is 2. The summed E-state index contributed by atoms with van der Waals surface area (Å²) in [6.07, 6.45) is 3.04. The van der Waals surface area contributed by atoms with E-state index in [-0.39, 0.29) is 11.8 Å². The van der Waals surface area contributed by atoms with Crippen LogP contribution in [0.15, 0.2) is 53.6 Å². The highest BCUT2D eigenvalue weighted by atomic mass is 32.2. The van der Waals surface area contributed by atoms with Crippen LogP contribution in [0.25, 0.3) is 10.9 Å². The first-order chi connectivity index (χ1) is 12.2. The Kier molecular flexibility index (Phi) is 4.19. The summed E-state index contributed by atoms with van der Waals surface area (Å²) in [4.78, 5) is 28.0. The standard InChI is InChI=1S/C19H17N3O2S/c23-18(8-5-12-10-20-15-4-2-1-3-14(12)15)21-13-6-7-17-16(9-13)22-19(24)11-25-17/h1-4,6-7,9-10,20H,5,8,11H2,(H,21,23)(H,22,24). The number of H-pyrrole nitrogens is 1. The van der Waals surface area contributed by atoms with Gasteiger partial charge in [-0.05, 0) is 36.2 Å². The van der Waals surface area contributed by atoms with E-state index in [0.717, 1.165) is 27.0 Å². The predicted molar refractivity (Wildman–Crippen MR) is 101 cm³/mol. The molecule has 0 bridgehead atoms. The first-order valence-corrected chi connectivity index (χ1v) is 9.09. The van der Waals surface area contributed by atoms with Gasteiger partial charge in [-0.25, -0.2) is 0 Å². The Hall–Kier alpha value is -2.73. The maximum absolute atomic E-state index is 12.3. The van der Waals surface area contributed by atoms with E-state index in [1.54, 1.807) is 0 Å². The minimum absolute atomic E-state index is 0.0136. The molecule has 2 heterocycles. The Balaban J connectivity index is 1.41. The van der Waals surface area contributed by atoms with Crippen molar-refractivity contribution >= 4 is 45.9 Å². The van der Waals surface area contributed by atoms with Gasteiger partial charge in [-0.1, -0.05) is 18.2 Å². The molecule has 0 radical (unpaired) electrons. The van der Waals surface area contributed by atoms with Crippen molar-refractivity contribution in [2.45, 2.75) is 17.7 Å². The van der Waals surface area contributed by atoms with Crippen molar-refractivity contribution in [3.63, 3.8) is 0 Å². The van der Waals surface area contributed by atoms with Crippen LogP contribution in [-0.4, -0.2) is 22.6 Å². The molecule has 2 amide bonds. The molecule has 5 nitrogen and oxygen atoms in total. The molecular weight excluding hydrogens is 334 g/mol. The Morgan fingerprint density at radius 1 is 1.20 bits per heavy atom. The van der Waals surface area contributed by atoms with Crippen LogP contribution in [0.5, 0.6) is 0 Å². The topological polar surface area (TPSA) is 74.0 Å². The van der Waals surface area contributed by atoms with Crippen LogP contribution >= 0.6 is 11.8 Å². The van der Waals surface area contributed by atoms with Gasteiger partial charge in [0.1, 0.15) is 0 Å². The lowest BCUT2D eigenvalue weighted by atomic mass is 10.1. The molecule has 1 aliphatic heterocycles. The second-order valence-electron chi connectivity index (χ2n) is 5.96. The molecule has 1 aliphatic rings. The van der Waals surface area contributed by atoms with Crippen molar-refractivity contribution in [2.24, 2.45) is 0 Å². The second-order valence-corrected chi connectivity index (χ2v) is 6.97. The molecule has 3 aromatic rings. The Morgan fingerprint density at radius 2 is 2.08 bits per heavy atom. The van der Waals surface area contributed by atoms with Crippen LogP contribution in [-0.2, 0) is 16.0 Å². The molecule has 126 valence electrons. The highest BCUT2D eigenvalue weighted by Gasteiger charge is 2.16. The molecule has 6 heteroatoms. The normalized spacial score (nSPS) is 13.4. The zero-order valence-electron chi connectivity index (χ0n) is 13.5. The average Bonchev–Trinajstić information content (AvgIpc) is 3.03. The number of rotatable bonds is 4. The minimum atomic E-state index is -0.0416. The molecule has 3 N–H and O–H groups in total. The van der Waals surface area contributed by atoms with Crippen molar-refractivity contribution in [1.29, 1.82) is 0 Å². The quantitative estimate of drug-likeness (QED) is 0.670. The van der Waals surface area contributed by atoms with E-state index in [0.29, 0.717) is 24.3 Å². The lowest BCUT2D eigenvalue weighted by Crippen LogP contribution is -2.19. The first-order valence-electron chi connectivity index (χ1n) is 8.10. The number of aryl methyl sites for hydroxylation is 1. The smallest absolute Gasteiger partial charge is 0.234 e. The summed E-state index contributed by atoms with van der Waals surface area (Å²) in [6.45, 7) is 0. The van der Waals surface area contributed by atoms with Gasteiger partial charge in [0, 0.05) is 34.1 Å². The van der Waals surface area contributed by atoms with Gasteiger partial charge in [0.2, 0.25) is 11.8 Å². The van der Waals surface area contributed by atoms with Crippen LogP contribution in [0.3, 0.4) is 0 Å². The van der Waals surface area contributed by atoms with Crippen LogP contribution in [0, 0.1) is 0 Å². The summed E-state index contributed by atoms with van der Waals surface area (Å²) in [5.74, 6) is 0.379. The van der Waals surface area contributed by atoms with Crippen LogP contribution in [0.1, 0.15) is 12.0 Å². The van der Waals surface area contributed by atoms with Crippen LogP contribution in [0.4, 0.5) is 11.4 Å². The number of aromatic amines is 1. The highest BCUT2D eigenvalue weighted by molar-refractivity contribution is 8.00. The van der Waals surface area contributed by atoms with E-state index in [1.165, 1.54) is 11.8 Å². The van der Waals surface area contributed by atoms with Crippen molar-refractivity contribution in [3.8, 4) is 0 Å². The fourth-order valence-electron chi connectivity index (χ4n) is 2.97. The SMILES string of the molecule is O=C(CCc1c[nH]c2ccccc12)Nc1ccc2c(c1)NC(=O)CS2. The monoisotopic (exact) mass is 351 g/mol. The fourth-order valence-corrected chi connectivity index (χ4v) is 3.76. The molecule has 0 spiro atoms. The van der Waals surface area contributed by atoms with Gasteiger partial charge < -0.3 is 15.6 Å². The van der Waals surface area contributed by atoms with Crippen molar-refractivity contribution < 1.29 is 9.59 Å². The van der Waals surface area contributed by atoms with Gasteiger partial charge in [0.15, 0.2) is 0 Å². The van der Waals surface area contributed by atoms with Gasteiger partial charge in [-0.2, -0.15) is 0 Å². The number of carbonyl (C=O) groups is 2. The summed E-state index contributed by atoms with van der Waals surface area (Å²) in [5, 5.41) is 6.90. The minimum Gasteiger partial charge on any atom is -0.361 e. The molecule has 25 heavy (non-hydrogen) atoms. The van der Waals surface area contributed by atoms with Crippen molar-refractivity contribution in [2.75, 3.05) is 16.4 Å². The maximum atomic E-state index is 12.3. The Morgan fingerprint density at radius 3 is 3.00 bits per heavy atom. The maximum Gasteiger partial charge on any atom is 0.234 e. The Labute approximate surface area is 149 Å². The summed E-state index contributed by atoms with van der Waals surface area (Å²) in [7, 11) is 0. The summed E-state index contributed by atoms with van der Waals surface area (Å²) in [6, 6.07) is 13.7. The molecule has 0 unspecified atom stereocenters. The number of thioether (sulfide) groups is 1. The third kappa shape index (κ3) is 3.39. The van der Waals surface area contributed by atoms with Gasteiger partial charge >= 0.3 is 0 Å². The molecule has 0 fully saturated rings. The number of anilines is 2. The summed E-state index contributed by atoms with van der Waals surface area (Å²) >= 11 is 1.51. The van der Waals surface area contributed by atoms with Gasteiger partial charge in [-0.15, -0.1) is 11.8 Å². The predicted octanol–water partition coefficient (Wildman–Crippen LogP) is 3.78. The zero-order chi connectivity index (χ0) is 17.2. The van der Waals surface area contributed by atoms with E-state index < -0.39 is 0 Å². The number of amides is 2. The molecule has 0 saturated carbocycles. The van der Waals surface area contributed by atoms with Crippen molar-refractivity contribution in [1.82, 2.24) is 4.98 Å². The fraction of sp³-hybridized carbons (Fsp3) is 0.158. The number of hydrogen-bond donors (Lipinski definition) is 3. The zero-order valence-corrected chi connectivity index (χ0v) is 14.3. The molecular formula is C19H17N3O2S. The van der Waals surface area contributed by atoms with Crippen LogP contribution in [0.2, 0.25) is 0 Å². The third-order valence-corrected chi connectivity index (χ3v) is 5.27. The number of benzene rings is 2. The number of hydrogen-bond acceptors (Lipinski definition) is 3. The number of para-hydroxylation sites is 1.